The molecule has 2 heterocycles. The molecule has 4 rings (SSSR count). The molecule has 25 heavy (non-hydrogen) atoms. The van der Waals surface area contributed by atoms with Crippen LogP contribution in [0, 0.1) is 0 Å². The third-order valence-electron chi connectivity index (χ3n) is 4.04. The molecule has 4 aromatic rings. The van der Waals surface area contributed by atoms with Gasteiger partial charge in [-0.1, -0.05) is 23.2 Å². The predicted octanol–water partition coefficient (Wildman–Crippen LogP) is 5.09. The molecule has 0 radical (unpaired) electrons. The molecule has 0 atom stereocenters. The summed E-state index contributed by atoms with van der Waals surface area (Å²) >= 11 is 12.3. The van der Waals surface area contributed by atoms with E-state index in [2.05, 4.69) is 9.97 Å². The highest BCUT2D eigenvalue weighted by Gasteiger charge is 2.10. The minimum atomic E-state index is 0.0807. The van der Waals surface area contributed by atoms with Crippen LogP contribution in [-0.4, -0.2) is 20.2 Å². The molecule has 0 saturated heterocycles. The molecule has 6 heteroatoms. The molecule has 0 aliphatic heterocycles. The lowest BCUT2D eigenvalue weighted by Crippen LogP contribution is -1.96. The number of fused-ring (bicyclic) bond motifs is 2. The Hall–Kier alpha value is -2.56. The monoisotopic (exact) mass is 370 g/mol. The molecule has 2 aromatic carbocycles. The molecule has 0 unspecified atom stereocenters. The minimum Gasteiger partial charge on any atom is -0.506 e. The Balaban J connectivity index is 1.77. The highest BCUT2D eigenvalue weighted by Crippen LogP contribution is 2.31. The van der Waals surface area contributed by atoms with Gasteiger partial charge in [-0.2, -0.15) is 0 Å². The van der Waals surface area contributed by atoms with Gasteiger partial charge < -0.3 is 10.2 Å². The minimum absolute atomic E-state index is 0.0807. The van der Waals surface area contributed by atoms with Crippen molar-refractivity contribution >= 4 is 45.0 Å². The van der Waals surface area contributed by atoms with Crippen LogP contribution >= 0.6 is 23.2 Å². The van der Waals surface area contributed by atoms with Crippen molar-refractivity contribution in [3.8, 4) is 11.5 Å². The van der Waals surface area contributed by atoms with Crippen LogP contribution in [-0.2, 0) is 6.42 Å². The Labute approximate surface area is 153 Å². The average molecular weight is 371 g/mol. The van der Waals surface area contributed by atoms with Gasteiger partial charge in [0.1, 0.15) is 22.5 Å². The summed E-state index contributed by atoms with van der Waals surface area (Å²) in [5.74, 6) is 0.161. The standard InChI is InChI=1S/C19H12Cl2N2O2/c20-14-5-7-16(24)18-12(14)3-1-10(22-18)9-11-2-4-13-15(21)6-8-17(25)19(13)23-11/h1-8,24-25H,9H2. The maximum Gasteiger partial charge on any atom is 0.141 e. The number of aromatic nitrogens is 2. The van der Waals surface area contributed by atoms with E-state index in [-0.39, 0.29) is 11.5 Å². The second kappa shape index (κ2) is 6.06. The summed E-state index contributed by atoms with van der Waals surface area (Å²) in [6.45, 7) is 0. The quantitative estimate of drug-likeness (QED) is 0.515. The smallest absolute Gasteiger partial charge is 0.141 e. The van der Waals surface area contributed by atoms with Gasteiger partial charge in [0.05, 0.1) is 10.0 Å². The normalized spacial score (nSPS) is 11.3. The van der Waals surface area contributed by atoms with E-state index in [9.17, 15) is 10.2 Å². The number of rotatable bonds is 2. The van der Waals surface area contributed by atoms with E-state index in [1.807, 2.05) is 24.3 Å². The molecular formula is C19H12Cl2N2O2. The summed E-state index contributed by atoms with van der Waals surface area (Å²) in [6, 6.07) is 13.7. The zero-order valence-corrected chi connectivity index (χ0v) is 14.4. The van der Waals surface area contributed by atoms with Crippen LogP contribution in [0.3, 0.4) is 0 Å². The Bertz CT molecular complexity index is 1040. The Morgan fingerprint density at radius 2 is 1.08 bits per heavy atom. The van der Waals surface area contributed by atoms with Crippen molar-refractivity contribution in [1.29, 1.82) is 0 Å². The van der Waals surface area contributed by atoms with Gasteiger partial charge in [0, 0.05) is 28.6 Å². The SMILES string of the molecule is Oc1ccc(Cl)c2ccc(Cc3ccc4c(Cl)ccc(O)c4n3)nc12. The fraction of sp³-hybridized carbons (Fsp3) is 0.0526. The van der Waals surface area contributed by atoms with Crippen molar-refractivity contribution in [1.82, 2.24) is 9.97 Å². The van der Waals surface area contributed by atoms with Crippen LogP contribution in [0.25, 0.3) is 21.8 Å². The fourth-order valence-electron chi connectivity index (χ4n) is 2.80. The summed E-state index contributed by atoms with van der Waals surface area (Å²) in [5, 5.41) is 22.5. The van der Waals surface area contributed by atoms with Crippen LogP contribution in [0.4, 0.5) is 0 Å². The number of phenols is 2. The van der Waals surface area contributed by atoms with Gasteiger partial charge in [-0.15, -0.1) is 0 Å². The zero-order valence-electron chi connectivity index (χ0n) is 12.9. The topological polar surface area (TPSA) is 66.2 Å². The number of benzene rings is 2. The van der Waals surface area contributed by atoms with E-state index in [0.29, 0.717) is 38.3 Å². The van der Waals surface area contributed by atoms with E-state index in [4.69, 9.17) is 23.2 Å². The third kappa shape index (κ3) is 2.84. The van der Waals surface area contributed by atoms with Gasteiger partial charge in [-0.05, 0) is 48.5 Å². The Kier molecular flexibility index (Phi) is 3.86. The first-order chi connectivity index (χ1) is 12.0. The molecule has 0 spiro atoms. The number of phenolic OH excluding ortho intramolecular Hbond substituents is 2. The summed E-state index contributed by atoms with van der Waals surface area (Å²) < 4.78 is 0. The van der Waals surface area contributed by atoms with Crippen molar-refractivity contribution in [2.75, 3.05) is 0 Å². The van der Waals surface area contributed by atoms with Gasteiger partial charge in [0.2, 0.25) is 0 Å². The second-order valence-corrected chi connectivity index (χ2v) is 6.52. The number of nitrogens with zero attached hydrogens (tertiary/aromatic N) is 2. The van der Waals surface area contributed by atoms with Gasteiger partial charge in [-0.25, -0.2) is 9.97 Å². The summed E-state index contributed by atoms with van der Waals surface area (Å²) in [4.78, 5) is 8.98. The van der Waals surface area contributed by atoms with Crippen molar-refractivity contribution in [2.45, 2.75) is 6.42 Å². The molecule has 0 aliphatic carbocycles. The van der Waals surface area contributed by atoms with Crippen LogP contribution < -0.4 is 0 Å². The van der Waals surface area contributed by atoms with Gasteiger partial charge in [-0.3, -0.25) is 0 Å². The van der Waals surface area contributed by atoms with E-state index in [1.54, 1.807) is 12.1 Å². The first-order valence-corrected chi connectivity index (χ1v) is 8.33. The lowest BCUT2D eigenvalue weighted by atomic mass is 10.1. The molecule has 0 bridgehead atoms. The maximum atomic E-state index is 10.0. The number of halogens is 2. The summed E-state index contributed by atoms with van der Waals surface area (Å²) in [5.41, 5.74) is 2.38. The van der Waals surface area contributed by atoms with Crippen molar-refractivity contribution in [2.24, 2.45) is 0 Å². The molecule has 0 aliphatic rings. The molecule has 2 N–H and O–H groups in total. The van der Waals surface area contributed by atoms with E-state index < -0.39 is 0 Å². The van der Waals surface area contributed by atoms with Gasteiger partial charge >= 0.3 is 0 Å². The first-order valence-electron chi connectivity index (χ1n) is 7.57. The fourth-order valence-corrected chi connectivity index (χ4v) is 3.23. The number of hydrogen-bond donors (Lipinski definition) is 2. The number of pyridine rings is 2. The molecule has 2 aromatic heterocycles. The highest BCUT2D eigenvalue weighted by molar-refractivity contribution is 6.36. The Morgan fingerprint density at radius 3 is 1.52 bits per heavy atom. The number of hydrogen-bond acceptors (Lipinski definition) is 4. The summed E-state index contributed by atoms with van der Waals surface area (Å²) in [7, 11) is 0. The highest BCUT2D eigenvalue weighted by atomic mass is 35.5. The molecular weight excluding hydrogens is 359 g/mol. The summed E-state index contributed by atoms with van der Waals surface area (Å²) in [6.07, 6.45) is 0.448. The van der Waals surface area contributed by atoms with Gasteiger partial charge in [0.25, 0.3) is 0 Å². The van der Waals surface area contributed by atoms with Crippen LogP contribution in [0.2, 0.25) is 10.0 Å². The Morgan fingerprint density at radius 1 is 0.640 bits per heavy atom. The van der Waals surface area contributed by atoms with Crippen LogP contribution in [0.5, 0.6) is 11.5 Å². The van der Waals surface area contributed by atoms with E-state index in [1.165, 1.54) is 12.1 Å². The predicted molar refractivity (Wildman–Crippen MR) is 99.6 cm³/mol. The maximum absolute atomic E-state index is 10.0. The van der Waals surface area contributed by atoms with Crippen molar-refractivity contribution < 1.29 is 10.2 Å². The first kappa shape index (κ1) is 15.9. The van der Waals surface area contributed by atoms with Crippen molar-refractivity contribution in [3.63, 3.8) is 0 Å². The van der Waals surface area contributed by atoms with E-state index in [0.717, 1.165) is 11.4 Å². The van der Waals surface area contributed by atoms with Crippen LogP contribution in [0.15, 0.2) is 48.5 Å². The largest absolute Gasteiger partial charge is 0.506 e. The average Bonchev–Trinajstić information content (AvgIpc) is 2.62. The third-order valence-corrected chi connectivity index (χ3v) is 4.70. The zero-order chi connectivity index (χ0) is 17.6. The molecule has 0 amide bonds. The molecule has 124 valence electrons. The second-order valence-electron chi connectivity index (χ2n) is 5.71. The van der Waals surface area contributed by atoms with Gasteiger partial charge in [0.15, 0.2) is 0 Å². The van der Waals surface area contributed by atoms with Crippen molar-refractivity contribution in [3.05, 3.63) is 70.0 Å². The lowest BCUT2D eigenvalue weighted by molar-refractivity contribution is 0.480. The number of aromatic hydroxyl groups is 2. The lowest BCUT2D eigenvalue weighted by Gasteiger charge is -2.08. The van der Waals surface area contributed by atoms with Crippen LogP contribution in [0.1, 0.15) is 11.4 Å². The van der Waals surface area contributed by atoms with E-state index >= 15 is 0 Å². The molecule has 0 saturated carbocycles. The molecule has 0 fully saturated rings. The molecule has 4 nitrogen and oxygen atoms in total.